The van der Waals surface area contributed by atoms with Crippen molar-refractivity contribution in [3.63, 3.8) is 0 Å². The Morgan fingerprint density at radius 1 is 1.07 bits per heavy atom. The molecule has 0 aliphatic carbocycles. The molecule has 0 spiro atoms. The molecule has 2 atom stereocenters. The van der Waals surface area contributed by atoms with Crippen LogP contribution in [0.15, 0.2) is 30.3 Å². The number of alkyl carbamates (subject to hydrolysis) is 1. The van der Waals surface area contributed by atoms with Crippen molar-refractivity contribution in [2.75, 3.05) is 6.54 Å². The number of amides is 3. The van der Waals surface area contributed by atoms with E-state index in [9.17, 15) is 19.2 Å². The Morgan fingerprint density at radius 2 is 1.76 bits per heavy atom. The third kappa shape index (κ3) is 10.3. The predicted molar refractivity (Wildman–Crippen MR) is 109 cm³/mol. The summed E-state index contributed by atoms with van der Waals surface area (Å²) < 4.78 is 5.17. The van der Waals surface area contributed by atoms with Gasteiger partial charge in [0.1, 0.15) is 18.9 Å². The minimum Gasteiger partial charge on any atom is -0.445 e. The number of hydrogen-bond donors (Lipinski definition) is 3. The molecule has 0 saturated heterocycles. The fourth-order valence-corrected chi connectivity index (χ4v) is 2.63. The first-order chi connectivity index (χ1) is 13.8. The highest BCUT2D eigenvalue weighted by Gasteiger charge is 2.26. The summed E-state index contributed by atoms with van der Waals surface area (Å²) in [5.74, 6) is -0.725. The molecule has 29 heavy (non-hydrogen) atoms. The van der Waals surface area contributed by atoms with Crippen LogP contribution < -0.4 is 16.0 Å². The van der Waals surface area contributed by atoms with Crippen LogP contribution in [0.2, 0.25) is 0 Å². The van der Waals surface area contributed by atoms with E-state index < -0.39 is 24.1 Å². The lowest BCUT2D eigenvalue weighted by Crippen LogP contribution is -2.52. The molecule has 1 aromatic rings. The maximum atomic E-state index is 12.5. The van der Waals surface area contributed by atoms with E-state index in [-0.39, 0.29) is 18.4 Å². The average Bonchev–Trinajstić information content (AvgIpc) is 2.69. The zero-order valence-electron chi connectivity index (χ0n) is 17.3. The maximum Gasteiger partial charge on any atom is 0.408 e. The molecule has 0 saturated carbocycles. The van der Waals surface area contributed by atoms with E-state index in [4.69, 9.17) is 4.74 Å². The molecular weight excluding hydrogens is 374 g/mol. The number of unbranched alkanes of at least 4 members (excludes halogenated alkanes) is 1. The second-order valence-electron chi connectivity index (χ2n) is 7.16. The summed E-state index contributed by atoms with van der Waals surface area (Å²) in [6, 6.07) is 7.75. The first-order valence-corrected chi connectivity index (χ1v) is 9.80. The number of ether oxygens (including phenoxy) is 1. The van der Waals surface area contributed by atoms with Crippen LogP contribution in [0.3, 0.4) is 0 Å². The van der Waals surface area contributed by atoms with Gasteiger partial charge in [-0.25, -0.2) is 4.79 Å². The molecule has 3 amide bonds. The van der Waals surface area contributed by atoms with Gasteiger partial charge in [0.25, 0.3) is 0 Å². The predicted octanol–water partition coefficient (Wildman–Crippen LogP) is 1.93. The Kier molecular flexibility index (Phi) is 11.1. The molecule has 0 unspecified atom stereocenters. The van der Waals surface area contributed by atoms with Gasteiger partial charge in [-0.2, -0.15) is 0 Å². The van der Waals surface area contributed by atoms with Crippen molar-refractivity contribution in [3.8, 4) is 0 Å². The fraction of sp³-hybridized carbons (Fsp3) is 0.524. The van der Waals surface area contributed by atoms with Gasteiger partial charge in [-0.3, -0.25) is 9.59 Å². The Balaban J connectivity index is 2.47. The zero-order valence-corrected chi connectivity index (χ0v) is 17.3. The van der Waals surface area contributed by atoms with Crippen LogP contribution in [0.4, 0.5) is 4.79 Å². The second kappa shape index (κ2) is 13.3. The van der Waals surface area contributed by atoms with Crippen molar-refractivity contribution in [3.05, 3.63) is 35.9 Å². The average molecular weight is 405 g/mol. The lowest BCUT2D eigenvalue weighted by Gasteiger charge is -2.23. The van der Waals surface area contributed by atoms with E-state index in [1.54, 1.807) is 13.8 Å². The van der Waals surface area contributed by atoms with Gasteiger partial charge in [0.05, 0.1) is 6.04 Å². The van der Waals surface area contributed by atoms with E-state index in [0.29, 0.717) is 32.1 Å². The van der Waals surface area contributed by atoms with E-state index >= 15 is 0 Å². The molecule has 0 heterocycles. The number of nitrogens with one attached hydrogen (secondary N) is 3. The number of carbonyl (C=O) groups excluding carboxylic acids is 4. The molecule has 0 aromatic heterocycles. The van der Waals surface area contributed by atoms with E-state index in [1.165, 1.54) is 6.92 Å². The van der Waals surface area contributed by atoms with E-state index in [2.05, 4.69) is 16.0 Å². The van der Waals surface area contributed by atoms with Gasteiger partial charge < -0.3 is 25.5 Å². The number of hydrogen-bond acceptors (Lipinski definition) is 5. The Bertz CT molecular complexity index is 664. The van der Waals surface area contributed by atoms with E-state index in [1.807, 2.05) is 30.3 Å². The van der Waals surface area contributed by atoms with Gasteiger partial charge >= 0.3 is 6.09 Å². The first kappa shape index (κ1) is 24.1. The summed E-state index contributed by atoms with van der Waals surface area (Å²) in [7, 11) is 0. The smallest absolute Gasteiger partial charge is 0.408 e. The highest BCUT2D eigenvalue weighted by Crippen LogP contribution is 2.06. The molecule has 0 aliphatic heterocycles. The fourth-order valence-electron chi connectivity index (χ4n) is 2.63. The molecule has 0 fully saturated rings. The van der Waals surface area contributed by atoms with Gasteiger partial charge in [-0.1, -0.05) is 44.2 Å². The van der Waals surface area contributed by atoms with Crippen molar-refractivity contribution >= 4 is 24.2 Å². The molecule has 0 bridgehead atoms. The highest BCUT2D eigenvalue weighted by atomic mass is 16.5. The van der Waals surface area contributed by atoms with Crippen LogP contribution in [0.25, 0.3) is 0 Å². The Morgan fingerprint density at radius 3 is 2.34 bits per heavy atom. The first-order valence-electron chi connectivity index (χ1n) is 9.80. The molecule has 8 nitrogen and oxygen atoms in total. The normalized spacial score (nSPS) is 12.6. The van der Waals surface area contributed by atoms with Crippen LogP contribution in [0.1, 0.15) is 45.6 Å². The third-order valence-corrected chi connectivity index (χ3v) is 4.24. The van der Waals surface area contributed by atoms with E-state index in [0.717, 1.165) is 5.56 Å². The summed E-state index contributed by atoms with van der Waals surface area (Å²) in [5.41, 5.74) is 0.841. The standard InChI is InChI=1S/C21H31N3O5/c1-15(2)19(24-21(28)29-14-17-9-5-4-6-10-17)20(27)23-18(13-25)11-7-8-12-22-16(3)26/h4-6,9-10,13,15,18-19H,7-8,11-12,14H2,1-3H3,(H,22,26)(H,23,27)(H,24,28)/t18-,19-/m0/s1. The van der Waals surface area contributed by atoms with Crippen LogP contribution >= 0.6 is 0 Å². The monoisotopic (exact) mass is 405 g/mol. The van der Waals surface area contributed by atoms with Gasteiger partial charge in [-0.05, 0) is 30.7 Å². The number of benzene rings is 1. The zero-order chi connectivity index (χ0) is 21.6. The molecule has 8 heteroatoms. The summed E-state index contributed by atoms with van der Waals surface area (Å²) in [5, 5.41) is 7.91. The van der Waals surface area contributed by atoms with Crippen molar-refractivity contribution in [1.82, 2.24) is 16.0 Å². The minimum absolute atomic E-state index is 0.102. The van der Waals surface area contributed by atoms with Crippen LogP contribution in [0, 0.1) is 5.92 Å². The lowest BCUT2D eigenvalue weighted by molar-refractivity contribution is -0.126. The maximum absolute atomic E-state index is 12.5. The van der Waals surface area contributed by atoms with Gasteiger partial charge in [0.2, 0.25) is 11.8 Å². The lowest BCUT2D eigenvalue weighted by atomic mass is 10.0. The topological polar surface area (TPSA) is 114 Å². The summed E-state index contributed by atoms with van der Waals surface area (Å²) in [6.07, 6.45) is 1.82. The quantitative estimate of drug-likeness (QED) is 0.363. The van der Waals surface area contributed by atoms with Crippen molar-refractivity contribution in [2.24, 2.45) is 5.92 Å². The molecule has 160 valence electrons. The molecular formula is C21H31N3O5. The number of aldehydes is 1. The highest BCUT2D eigenvalue weighted by molar-refractivity contribution is 5.87. The molecule has 1 rings (SSSR count). The van der Waals surface area contributed by atoms with Crippen molar-refractivity contribution < 1.29 is 23.9 Å². The largest absolute Gasteiger partial charge is 0.445 e. The molecule has 0 radical (unpaired) electrons. The third-order valence-electron chi connectivity index (χ3n) is 4.24. The summed E-state index contributed by atoms with van der Waals surface area (Å²) in [4.78, 5) is 46.7. The molecule has 1 aromatic carbocycles. The number of carbonyl (C=O) groups is 4. The molecule has 3 N–H and O–H groups in total. The minimum atomic E-state index is -0.819. The Labute approximate surface area is 171 Å². The van der Waals surface area contributed by atoms with Crippen LogP contribution in [-0.4, -0.2) is 42.8 Å². The molecule has 0 aliphatic rings. The number of rotatable bonds is 12. The summed E-state index contributed by atoms with van der Waals surface area (Å²) >= 11 is 0. The Hall–Kier alpha value is -2.90. The van der Waals surface area contributed by atoms with Crippen molar-refractivity contribution in [2.45, 2.75) is 58.7 Å². The van der Waals surface area contributed by atoms with Crippen LogP contribution in [0.5, 0.6) is 0 Å². The SMILES string of the molecule is CC(=O)NCCCC[C@@H](C=O)NC(=O)[C@@H](NC(=O)OCc1ccccc1)C(C)C. The van der Waals surface area contributed by atoms with Gasteiger partial charge in [0.15, 0.2) is 0 Å². The second-order valence-corrected chi connectivity index (χ2v) is 7.16. The van der Waals surface area contributed by atoms with Crippen LogP contribution in [-0.2, 0) is 25.7 Å². The summed E-state index contributed by atoms with van der Waals surface area (Å²) in [6.45, 7) is 5.66. The van der Waals surface area contributed by atoms with Gasteiger partial charge in [0, 0.05) is 13.5 Å². The van der Waals surface area contributed by atoms with Crippen molar-refractivity contribution in [1.29, 1.82) is 0 Å². The van der Waals surface area contributed by atoms with Gasteiger partial charge in [-0.15, -0.1) is 0 Å².